The minimum atomic E-state index is -0.983. The summed E-state index contributed by atoms with van der Waals surface area (Å²) in [6.07, 6.45) is 0.940. The lowest BCUT2D eigenvalue weighted by Gasteiger charge is -2.19. The summed E-state index contributed by atoms with van der Waals surface area (Å²) >= 11 is 0. The van der Waals surface area contributed by atoms with Crippen molar-refractivity contribution in [3.8, 4) is 5.75 Å². The summed E-state index contributed by atoms with van der Waals surface area (Å²) < 4.78 is 5.73. The number of anilines is 1. The van der Waals surface area contributed by atoms with Crippen LogP contribution in [0, 0.1) is 0 Å². The van der Waals surface area contributed by atoms with Gasteiger partial charge in [-0.25, -0.2) is 0 Å². The quantitative estimate of drug-likeness (QED) is 0.722. The number of carboxylic acid groups (broad SMARTS) is 1. The van der Waals surface area contributed by atoms with Crippen LogP contribution in [0.15, 0.2) is 48.5 Å². The number of carboxylic acids is 1. The van der Waals surface area contributed by atoms with E-state index in [0.29, 0.717) is 24.4 Å². The third kappa shape index (κ3) is 5.51. The van der Waals surface area contributed by atoms with Crippen molar-refractivity contribution < 1.29 is 19.4 Å². The molecule has 0 bridgehead atoms. The lowest BCUT2D eigenvalue weighted by Crippen LogP contribution is -2.31. The number of carbonyl (C=O) groups excluding carboxylic acids is 1. The van der Waals surface area contributed by atoms with Crippen molar-refractivity contribution in [2.24, 2.45) is 0 Å². The Morgan fingerprint density at radius 2 is 1.92 bits per heavy atom. The number of rotatable bonds is 9. The predicted molar refractivity (Wildman–Crippen MR) is 101 cm³/mol. The average molecular weight is 356 g/mol. The number of hydrogen-bond acceptors (Lipinski definition) is 4. The molecule has 0 aliphatic rings. The second-order valence-corrected chi connectivity index (χ2v) is 5.87. The van der Waals surface area contributed by atoms with E-state index in [0.717, 1.165) is 12.2 Å². The molecule has 0 atom stereocenters. The number of likely N-dealkylation sites (N-methyl/N-ethyl adjacent to an activating group) is 1. The molecule has 1 amide bonds. The van der Waals surface area contributed by atoms with Gasteiger partial charge in [0.25, 0.3) is 5.91 Å². The van der Waals surface area contributed by atoms with E-state index >= 15 is 0 Å². The van der Waals surface area contributed by atoms with Crippen molar-refractivity contribution in [1.82, 2.24) is 4.90 Å². The Balaban J connectivity index is 1.93. The lowest BCUT2D eigenvalue weighted by molar-refractivity contribution is -0.134. The molecular formula is C20H24N2O4. The molecule has 0 aromatic heterocycles. The van der Waals surface area contributed by atoms with E-state index in [2.05, 4.69) is 12.2 Å². The van der Waals surface area contributed by atoms with Gasteiger partial charge in [-0.2, -0.15) is 0 Å². The average Bonchev–Trinajstić information content (AvgIpc) is 2.66. The van der Waals surface area contributed by atoms with Gasteiger partial charge in [0.2, 0.25) is 0 Å². The van der Waals surface area contributed by atoms with Gasteiger partial charge < -0.3 is 20.1 Å². The highest BCUT2D eigenvalue weighted by atomic mass is 16.5. The zero-order valence-electron chi connectivity index (χ0n) is 15.1. The highest BCUT2D eigenvalue weighted by Gasteiger charge is 2.16. The van der Waals surface area contributed by atoms with E-state index in [9.17, 15) is 9.59 Å². The first-order valence-corrected chi connectivity index (χ1v) is 8.53. The SMILES string of the molecule is CCc1cccc(OCCN(C)C(=O)c2ccccc2NCC(=O)O)c1. The molecule has 2 aromatic carbocycles. The molecule has 2 N–H and O–H groups in total. The van der Waals surface area contributed by atoms with Crippen LogP contribution in [0.2, 0.25) is 0 Å². The number of aryl methyl sites for hydroxylation is 1. The molecule has 0 aliphatic heterocycles. The van der Waals surface area contributed by atoms with Crippen LogP contribution in [0.4, 0.5) is 5.69 Å². The Kier molecular flexibility index (Phi) is 7.02. The summed E-state index contributed by atoms with van der Waals surface area (Å²) in [7, 11) is 1.70. The van der Waals surface area contributed by atoms with Crippen LogP contribution in [0.3, 0.4) is 0 Å². The predicted octanol–water partition coefficient (Wildman–Crippen LogP) is 2.90. The third-order valence-corrected chi connectivity index (χ3v) is 3.94. The van der Waals surface area contributed by atoms with Crippen LogP contribution in [-0.4, -0.2) is 48.6 Å². The molecule has 0 unspecified atom stereocenters. The Labute approximate surface area is 153 Å². The number of benzene rings is 2. The fraction of sp³-hybridized carbons (Fsp3) is 0.300. The molecule has 0 fully saturated rings. The van der Waals surface area contributed by atoms with Gasteiger partial charge in [0.15, 0.2) is 0 Å². The number of amides is 1. The van der Waals surface area contributed by atoms with Crippen LogP contribution in [-0.2, 0) is 11.2 Å². The monoisotopic (exact) mass is 356 g/mol. The van der Waals surface area contributed by atoms with Crippen molar-refractivity contribution >= 4 is 17.6 Å². The second-order valence-electron chi connectivity index (χ2n) is 5.87. The number of para-hydroxylation sites is 1. The normalized spacial score (nSPS) is 10.2. The Morgan fingerprint density at radius 1 is 1.15 bits per heavy atom. The number of nitrogens with one attached hydrogen (secondary N) is 1. The van der Waals surface area contributed by atoms with Crippen LogP contribution in [0.25, 0.3) is 0 Å². The van der Waals surface area contributed by atoms with Gasteiger partial charge in [-0.1, -0.05) is 31.2 Å². The highest BCUT2D eigenvalue weighted by Crippen LogP contribution is 2.17. The van der Waals surface area contributed by atoms with E-state index in [1.807, 2.05) is 24.3 Å². The first-order valence-electron chi connectivity index (χ1n) is 8.53. The molecule has 6 heteroatoms. The molecular weight excluding hydrogens is 332 g/mol. The summed E-state index contributed by atoms with van der Waals surface area (Å²) in [6.45, 7) is 2.63. The van der Waals surface area contributed by atoms with Gasteiger partial charge in [-0.05, 0) is 36.2 Å². The van der Waals surface area contributed by atoms with Crippen molar-refractivity contribution in [3.05, 3.63) is 59.7 Å². The molecule has 0 radical (unpaired) electrons. The van der Waals surface area contributed by atoms with Gasteiger partial charge in [-0.15, -0.1) is 0 Å². The molecule has 2 aromatic rings. The van der Waals surface area contributed by atoms with Crippen LogP contribution >= 0.6 is 0 Å². The molecule has 0 aliphatic carbocycles. The number of ether oxygens (including phenoxy) is 1. The van der Waals surface area contributed by atoms with Gasteiger partial charge >= 0.3 is 5.97 Å². The zero-order valence-corrected chi connectivity index (χ0v) is 15.1. The molecule has 0 saturated heterocycles. The van der Waals surface area contributed by atoms with Crippen LogP contribution in [0.1, 0.15) is 22.8 Å². The lowest BCUT2D eigenvalue weighted by atomic mass is 10.1. The topological polar surface area (TPSA) is 78.9 Å². The van der Waals surface area contributed by atoms with Crippen molar-refractivity contribution in [1.29, 1.82) is 0 Å². The second kappa shape index (κ2) is 9.46. The summed E-state index contributed by atoms with van der Waals surface area (Å²) in [5.41, 5.74) is 2.14. The van der Waals surface area contributed by atoms with E-state index < -0.39 is 5.97 Å². The summed E-state index contributed by atoms with van der Waals surface area (Å²) in [4.78, 5) is 24.9. The smallest absolute Gasteiger partial charge is 0.322 e. The van der Waals surface area contributed by atoms with Gasteiger partial charge in [0, 0.05) is 12.7 Å². The van der Waals surface area contributed by atoms with E-state index in [-0.39, 0.29) is 12.5 Å². The molecule has 6 nitrogen and oxygen atoms in total. The maximum absolute atomic E-state index is 12.6. The largest absolute Gasteiger partial charge is 0.492 e. The molecule has 138 valence electrons. The van der Waals surface area contributed by atoms with Crippen LogP contribution < -0.4 is 10.1 Å². The summed E-state index contributed by atoms with van der Waals surface area (Å²) in [5, 5.41) is 11.6. The maximum atomic E-state index is 12.6. The first-order chi connectivity index (χ1) is 12.5. The van der Waals surface area contributed by atoms with Crippen molar-refractivity contribution in [2.75, 3.05) is 32.1 Å². The van der Waals surface area contributed by atoms with E-state index in [4.69, 9.17) is 9.84 Å². The van der Waals surface area contributed by atoms with Crippen LogP contribution in [0.5, 0.6) is 5.75 Å². The minimum Gasteiger partial charge on any atom is -0.492 e. The summed E-state index contributed by atoms with van der Waals surface area (Å²) in [6, 6.07) is 14.8. The fourth-order valence-corrected chi connectivity index (χ4v) is 2.46. The van der Waals surface area contributed by atoms with E-state index in [1.54, 1.807) is 36.2 Å². The third-order valence-electron chi connectivity index (χ3n) is 3.94. The molecule has 26 heavy (non-hydrogen) atoms. The number of nitrogens with zero attached hydrogens (tertiary/aromatic N) is 1. The molecule has 0 spiro atoms. The van der Waals surface area contributed by atoms with Crippen molar-refractivity contribution in [2.45, 2.75) is 13.3 Å². The maximum Gasteiger partial charge on any atom is 0.322 e. The van der Waals surface area contributed by atoms with Gasteiger partial charge in [0.05, 0.1) is 12.1 Å². The highest BCUT2D eigenvalue weighted by molar-refractivity contribution is 5.99. The standard InChI is InChI=1S/C20H24N2O4/c1-3-15-7-6-8-16(13-15)26-12-11-22(2)20(25)17-9-4-5-10-18(17)21-14-19(23)24/h4-10,13,21H,3,11-12,14H2,1-2H3,(H,23,24). The van der Waals surface area contributed by atoms with Gasteiger partial charge in [-0.3, -0.25) is 9.59 Å². The Hall–Kier alpha value is -3.02. The fourth-order valence-electron chi connectivity index (χ4n) is 2.46. The first kappa shape index (κ1) is 19.3. The number of hydrogen-bond donors (Lipinski definition) is 2. The van der Waals surface area contributed by atoms with Crippen molar-refractivity contribution in [3.63, 3.8) is 0 Å². The number of aliphatic carboxylic acids is 1. The minimum absolute atomic E-state index is 0.190. The Bertz CT molecular complexity index is 761. The zero-order chi connectivity index (χ0) is 18.9. The number of carbonyl (C=O) groups is 2. The molecule has 0 heterocycles. The van der Waals surface area contributed by atoms with E-state index in [1.165, 1.54) is 5.56 Å². The molecule has 2 rings (SSSR count). The Morgan fingerprint density at radius 3 is 2.65 bits per heavy atom. The van der Waals surface area contributed by atoms with Gasteiger partial charge in [0.1, 0.15) is 18.9 Å². The summed E-state index contributed by atoms with van der Waals surface area (Å²) in [5.74, 6) is -0.388. The molecule has 0 saturated carbocycles.